The molecule has 1 amide bonds. The molecule has 1 atom stereocenters. The second kappa shape index (κ2) is 5.65. The lowest BCUT2D eigenvalue weighted by Crippen LogP contribution is -2.41. The van der Waals surface area contributed by atoms with Crippen LogP contribution >= 0.6 is 0 Å². The van der Waals surface area contributed by atoms with E-state index in [1.54, 1.807) is 35.4 Å². The summed E-state index contributed by atoms with van der Waals surface area (Å²) in [5, 5.41) is 16.8. The first-order valence-corrected chi connectivity index (χ1v) is 7.01. The monoisotopic (exact) mass is 286 g/mol. The SMILES string of the molecule is Cn1cc([C@H](NC(=O)c2ccncc2)C2CC(O)C2)cn1. The van der Waals surface area contributed by atoms with Crippen LogP contribution in [0.4, 0.5) is 0 Å². The maximum atomic E-state index is 12.3. The second-order valence-corrected chi connectivity index (χ2v) is 5.52. The normalized spacial score (nSPS) is 22.4. The number of carbonyl (C=O) groups excluding carboxylic acids is 1. The van der Waals surface area contributed by atoms with Gasteiger partial charge in [0, 0.05) is 36.8 Å². The molecule has 0 unspecified atom stereocenters. The third kappa shape index (κ3) is 2.95. The van der Waals surface area contributed by atoms with E-state index >= 15 is 0 Å². The molecule has 6 nitrogen and oxygen atoms in total. The van der Waals surface area contributed by atoms with Gasteiger partial charge in [-0.3, -0.25) is 14.5 Å². The Hall–Kier alpha value is -2.21. The summed E-state index contributed by atoms with van der Waals surface area (Å²) in [5.74, 6) is 0.114. The van der Waals surface area contributed by atoms with Crippen molar-refractivity contribution < 1.29 is 9.90 Å². The number of aliphatic hydroxyl groups excluding tert-OH is 1. The molecular weight excluding hydrogens is 268 g/mol. The Balaban J connectivity index is 1.78. The van der Waals surface area contributed by atoms with Crippen LogP contribution in [-0.2, 0) is 7.05 Å². The van der Waals surface area contributed by atoms with Crippen molar-refractivity contribution >= 4 is 5.91 Å². The standard InChI is InChI=1S/C15H18N4O2/c1-19-9-12(8-17-19)14(11-6-13(20)7-11)18-15(21)10-2-4-16-5-3-10/h2-5,8-9,11,13-14,20H,6-7H2,1H3,(H,18,21)/t11?,13?,14-/m1/s1. The third-order valence-electron chi connectivity index (χ3n) is 3.93. The number of pyridine rings is 1. The maximum Gasteiger partial charge on any atom is 0.251 e. The highest BCUT2D eigenvalue weighted by Gasteiger charge is 2.36. The molecule has 2 aromatic rings. The number of carbonyl (C=O) groups is 1. The topological polar surface area (TPSA) is 80.0 Å². The third-order valence-corrected chi connectivity index (χ3v) is 3.93. The smallest absolute Gasteiger partial charge is 0.251 e. The predicted molar refractivity (Wildman–Crippen MR) is 76.4 cm³/mol. The highest BCUT2D eigenvalue weighted by Crippen LogP contribution is 2.38. The molecule has 3 rings (SSSR count). The van der Waals surface area contributed by atoms with Gasteiger partial charge in [-0.25, -0.2) is 0 Å². The van der Waals surface area contributed by atoms with Crippen molar-refractivity contribution in [1.82, 2.24) is 20.1 Å². The molecular formula is C15H18N4O2. The number of hydrogen-bond acceptors (Lipinski definition) is 4. The van der Waals surface area contributed by atoms with E-state index in [2.05, 4.69) is 15.4 Å². The molecule has 0 bridgehead atoms. The van der Waals surface area contributed by atoms with Gasteiger partial charge in [0.25, 0.3) is 5.91 Å². The molecule has 0 spiro atoms. The Labute approximate surface area is 122 Å². The number of aliphatic hydroxyl groups is 1. The zero-order valence-electron chi connectivity index (χ0n) is 11.8. The molecule has 2 N–H and O–H groups in total. The number of nitrogens with zero attached hydrogens (tertiary/aromatic N) is 3. The van der Waals surface area contributed by atoms with Crippen molar-refractivity contribution in [2.24, 2.45) is 13.0 Å². The summed E-state index contributed by atoms with van der Waals surface area (Å²) in [5.41, 5.74) is 1.55. The Morgan fingerprint density at radius 3 is 2.71 bits per heavy atom. The van der Waals surface area contributed by atoms with Gasteiger partial charge in [0.05, 0.1) is 18.3 Å². The molecule has 1 aliphatic carbocycles. The number of aryl methyl sites for hydroxylation is 1. The number of hydrogen-bond donors (Lipinski definition) is 2. The first-order chi connectivity index (χ1) is 10.1. The summed E-state index contributed by atoms with van der Waals surface area (Å²) in [6.45, 7) is 0. The van der Waals surface area contributed by atoms with Crippen molar-refractivity contribution in [3.8, 4) is 0 Å². The summed E-state index contributed by atoms with van der Waals surface area (Å²) >= 11 is 0. The zero-order chi connectivity index (χ0) is 14.8. The number of nitrogens with one attached hydrogen (secondary N) is 1. The molecule has 1 aliphatic rings. The molecule has 110 valence electrons. The van der Waals surface area contributed by atoms with Crippen molar-refractivity contribution in [1.29, 1.82) is 0 Å². The molecule has 2 aromatic heterocycles. The Morgan fingerprint density at radius 2 is 2.14 bits per heavy atom. The summed E-state index contributed by atoms with van der Waals surface area (Å²) in [4.78, 5) is 16.2. The average molecular weight is 286 g/mol. The molecule has 21 heavy (non-hydrogen) atoms. The molecule has 0 saturated heterocycles. The van der Waals surface area contributed by atoms with Crippen LogP contribution in [0.1, 0.15) is 34.8 Å². The number of rotatable bonds is 4. The second-order valence-electron chi connectivity index (χ2n) is 5.52. The molecule has 6 heteroatoms. The summed E-state index contributed by atoms with van der Waals surface area (Å²) in [7, 11) is 1.85. The minimum absolute atomic E-state index is 0.122. The lowest BCUT2D eigenvalue weighted by molar-refractivity contribution is 0.0235. The molecule has 2 heterocycles. The zero-order valence-corrected chi connectivity index (χ0v) is 11.8. The minimum atomic E-state index is -0.257. The van der Waals surface area contributed by atoms with E-state index in [-0.39, 0.29) is 24.0 Å². The average Bonchev–Trinajstić information content (AvgIpc) is 2.89. The van der Waals surface area contributed by atoms with Gasteiger partial charge in [-0.2, -0.15) is 5.10 Å². The van der Waals surface area contributed by atoms with E-state index in [1.165, 1.54) is 0 Å². The van der Waals surface area contributed by atoms with E-state index in [1.807, 2.05) is 13.2 Å². The summed E-state index contributed by atoms with van der Waals surface area (Å²) in [6, 6.07) is 3.25. The van der Waals surface area contributed by atoms with Gasteiger partial charge < -0.3 is 10.4 Å². The Morgan fingerprint density at radius 1 is 1.43 bits per heavy atom. The molecule has 1 fully saturated rings. The van der Waals surface area contributed by atoms with Gasteiger partial charge in [0.1, 0.15) is 0 Å². The molecule has 1 saturated carbocycles. The maximum absolute atomic E-state index is 12.3. The lowest BCUT2D eigenvalue weighted by Gasteiger charge is -2.37. The fourth-order valence-corrected chi connectivity index (χ4v) is 2.70. The molecule has 0 radical (unpaired) electrons. The van der Waals surface area contributed by atoms with E-state index < -0.39 is 0 Å². The highest BCUT2D eigenvalue weighted by atomic mass is 16.3. The van der Waals surface area contributed by atoms with Gasteiger partial charge in [0.15, 0.2) is 0 Å². The van der Waals surface area contributed by atoms with Crippen LogP contribution in [0.2, 0.25) is 0 Å². The fraction of sp³-hybridized carbons (Fsp3) is 0.400. The van der Waals surface area contributed by atoms with Crippen LogP contribution in [0, 0.1) is 5.92 Å². The van der Waals surface area contributed by atoms with Crippen molar-refractivity contribution in [3.63, 3.8) is 0 Å². The largest absolute Gasteiger partial charge is 0.393 e. The first kappa shape index (κ1) is 13.8. The summed E-state index contributed by atoms with van der Waals surface area (Å²) in [6.07, 6.45) is 8.02. The van der Waals surface area contributed by atoms with Crippen LogP contribution in [0.3, 0.4) is 0 Å². The molecule has 0 aliphatic heterocycles. The van der Waals surface area contributed by atoms with E-state index in [0.29, 0.717) is 18.4 Å². The van der Waals surface area contributed by atoms with Crippen molar-refractivity contribution in [2.45, 2.75) is 25.0 Å². The van der Waals surface area contributed by atoms with E-state index in [0.717, 1.165) is 5.56 Å². The fourth-order valence-electron chi connectivity index (χ4n) is 2.70. The van der Waals surface area contributed by atoms with Crippen LogP contribution in [0.15, 0.2) is 36.9 Å². The van der Waals surface area contributed by atoms with Crippen LogP contribution in [0.25, 0.3) is 0 Å². The number of aromatic nitrogens is 3. The number of amides is 1. The van der Waals surface area contributed by atoms with Crippen LogP contribution < -0.4 is 5.32 Å². The van der Waals surface area contributed by atoms with Gasteiger partial charge in [-0.05, 0) is 30.9 Å². The van der Waals surface area contributed by atoms with Gasteiger partial charge in [0.2, 0.25) is 0 Å². The van der Waals surface area contributed by atoms with Crippen molar-refractivity contribution in [3.05, 3.63) is 48.0 Å². The minimum Gasteiger partial charge on any atom is -0.393 e. The van der Waals surface area contributed by atoms with Crippen LogP contribution in [0.5, 0.6) is 0 Å². The quantitative estimate of drug-likeness (QED) is 0.880. The lowest BCUT2D eigenvalue weighted by atomic mass is 9.75. The van der Waals surface area contributed by atoms with Gasteiger partial charge in [-0.15, -0.1) is 0 Å². The van der Waals surface area contributed by atoms with Crippen molar-refractivity contribution in [2.75, 3.05) is 0 Å². The van der Waals surface area contributed by atoms with E-state index in [4.69, 9.17) is 0 Å². The predicted octanol–water partition coefficient (Wildman–Crippen LogP) is 1.06. The van der Waals surface area contributed by atoms with Gasteiger partial charge >= 0.3 is 0 Å². The summed E-state index contributed by atoms with van der Waals surface area (Å²) < 4.78 is 1.72. The Bertz CT molecular complexity index is 620. The van der Waals surface area contributed by atoms with Crippen LogP contribution in [-0.4, -0.2) is 31.9 Å². The first-order valence-electron chi connectivity index (χ1n) is 7.01. The highest BCUT2D eigenvalue weighted by molar-refractivity contribution is 5.94. The van der Waals surface area contributed by atoms with Gasteiger partial charge in [-0.1, -0.05) is 0 Å². The molecule has 0 aromatic carbocycles. The van der Waals surface area contributed by atoms with E-state index in [9.17, 15) is 9.90 Å². The Kier molecular flexibility index (Phi) is 3.70.